The highest BCUT2D eigenvalue weighted by molar-refractivity contribution is 5.95. The molecule has 4 heteroatoms. The number of carbonyl (C=O) groups is 1. The van der Waals surface area contributed by atoms with Crippen LogP contribution in [0.1, 0.15) is 21.7 Å². The summed E-state index contributed by atoms with van der Waals surface area (Å²) in [5, 5.41) is 2.88. The zero-order chi connectivity index (χ0) is 12.1. The standard InChI is InChI=1S/C13H15N3O/c1-10-4-2-3-5-11(10)13(17)16-7-6-12-14-8-9-15-12/h2-5,8-9H,6-7H2,1H3,(H,14,15)(H,16,17). The number of aromatic nitrogens is 2. The number of rotatable bonds is 4. The van der Waals surface area contributed by atoms with E-state index in [1.54, 1.807) is 12.4 Å². The molecular formula is C13H15N3O. The van der Waals surface area contributed by atoms with Crippen LogP contribution in [0, 0.1) is 6.92 Å². The van der Waals surface area contributed by atoms with E-state index in [0.717, 1.165) is 17.0 Å². The smallest absolute Gasteiger partial charge is 0.251 e. The van der Waals surface area contributed by atoms with Crippen LogP contribution in [0.4, 0.5) is 0 Å². The number of aromatic amines is 1. The number of benzene rings is 1. The number of aryl methyl sites for hydroxylation is 1. The van der Waals surface area contributed by atoms with Crippen molar-refractivity contribution in [3.8, 4) is 0 Å². The molecule has 0 saturated heterocycles. The molecule has 0 aliphatic rings. The van der Waals surface area contributed by atoms with Crippen molar-refractivity contribution in [2.45, 2.75) is 13.3 Å². The van der Waals surface area contributed by atoms with Gasteiger partial charge >= 0.3 is 0 Å². The second-order valence-electron chi connectivity index (χ2n) is 3.86. The maximum absolute atomic E-state index is 11.9. The Morgan fingerprint density at radius 1 is 1.41 bits per heavy atom. The minimum Gasteiger partial charge on any atom is -0.352 e. The lowest BCUT2D eigenvalue weighted by Crippen LogP contribution is -2.26. The molecule has 2 aromatic rings. The van der Waals surface area contributed by atoms with E-state index in [1.165, 1.54) is 0 Å². The molecule has 0 atom stereocenters. The van der Waals surface area contributed by atoms with Gasteiger partial charge in [-0.15, -0.1) is 0 Å². The molecule has 4 nitrogen and oxygen atoms in total. The molecule has 1 aromatic carbocycles. The van der Waals surface area contributed by atoms with E-state index in [1.807, 2.05) is 31.2 Å². The Bertz CT molecular complexity index is 491. The molecule has 0 radical (unpaired) electrons. The molecule has 0 saturated carbocycles. The predicted octanol–water partition coefficient (Wildman–Crippen LogP) is 1.69. The third kappa shape index (κ3) is 2.93. The lowest BCUT2D eigenvalue weighted by atomic mass is 10.1. The van der Waals surface area contributed by atoms with E-state index < -0.39 is 0 Å². The molecule has 0 bridgehead atoms. The number of nitrogens with zero attached hydrogens (tertiary/aromatic N) is 1. The number of amides is 1. The van der Waals surface area contributed by atoms with Gasteiger partial charge in [-0.1, -0.05) is 18.2 Å². The van der Waals surface area contributed by atoms with Crippen molar-refractivity contribution in [2.75, 3.05) is 6.54 Å². The Kier molecular flexibility index (Phi) is 3.55. The van der Waals surface area contributed by atoms with Gasteiger partial charge in [0.1, 0.15) is 5.82 Å². The number of nitrogens with one attached hydrogen (secondary N) is 2. The van der Waals surface area contributed by atoms with Crippen molar-refractivity contribution in [1.29, 1.82) is 0 Å². The average molecular weight is 229 g/mol. The minimum absolute atomic E-state index is 0.0327. The molecule has 1 amide bonds. The molecule has 1 heterocycles. The summed E-state index contributed by atoms with van der Waals surface area (Å²) in [6, 6.07) is 7.56. The van der Waals surface area contributed by atoms with Crippen molar-refractivity contribution < 1.29 is 4.79 Å². The first-order chi connectivity index (χ1) is 8.27. The van der Waals surface area contributed by atoms with E-state index in [2.05, 4.69) is 15.3 Å². The van der Waals surface area contributed by atoms with Gasteiger partial charge in [0.2, 0.25) is 0 Å². The summed E-state index contributed by atoms with van der Waals surface area (Å²) in [7, 11) is 0. The van der Waals surface area contributed by atoms with Crippen LogP contribution in [0.15, 0.2) is 36.7 Å². The van der Waals surface area contributed by atoms with E-state index >= 15 is 0 Å². The van der Waals surface area contributed by atoms with Gasteiger partial charge in [0.05, 0.1) is 0 Å². The highest BCUT2D eigenvalue weighted by atomic mass is 16.1. The number of H-pyrrole nitrogens is 1. The summed E-state index contributed by atoms with van der Waals surface area (Å²) in [6.45, 7) is 2.52. The van der Waals surface area contributed by atoms with E-state index in [-0.39, 0.29) is 5.91 Å². The summed E-state index contributed by atoms with van der Waals surface area (Å²) < 4.78 is 0. The highest BCUT2D eigenvalue weighted by Gasteiger charge is 2.07. The molecule has 88 valence electrons. The zero-order valence-electron chi connectivity index (χ0n) is 9.73. The Labute approximate surface area is 100 Å². The van der Waals surface area contributed by atoms with Crippen molar-refractivity contribution in [3.63, 3.8) is 0 Å². The van der Waals surface area contributed by atoms with Gasteiger partial charge in [0.15, 0.2) is 0 Å². The SMILES string of the molecule is Cc1ccccc1C(=O)NCCc1ncc[nH]1. The maximum atomic E-state index is 11.9. The van der Waals surface area contributed by atoms with E-state index in [9.17, 15) is 4.79 Å². The van der Waals surface area contributed by atoms with Gasteiger partial charge in [-0.05, 0) is 18.6 Å². The third-order valence-electron chi connectivity index (χ3n) is 2.59. The summed E-state index contributed by atoms with van der Waals surface area (Å²) in [4.78, 5) is 18.9. The van der Waals surface area contributed by atoms with Gasteiger partial charge in [0, 0.05) is 30.9 Å². The van der Waals surface area contributed by atoms with Gasteiger partial charge in [-0.2, -0.15) is 0 Å². The van der Waals surface area contributed by atoms with E-state index in [4.69, 9.17) is 0 Å². The first-order valence-corrected chi connectivity index (χ1v) is 5.59. The van der Waals surface area contributed by atoms with Crippen molar-refractivity contribution in [1.82, 2.24) is 15.3 Å². The van der Waals surface area contributed by atoms with Crippen LogP contribution in [0.5, 0.6) is 0 Å². The lowest BCUT2D eigenvalue weighted by molar-refractivity contribution is 0.0953. The zero-order valence-corrected chi connectivity index (χ0v) is 9.73. The molecule has 2 rings (SSSR count). The average Bonchev–Trinajstić information content (AvgIpc) is 2.82. The monoisotopic (exact) mass is 229 g/mol. The van der Waals surface area contributed by atoms with Gasteiger partial charge < -0.3 is 10.3 Å². The van der Waals surface area contributed by atoms with Gasteiger partial charge in [-0.25, -0.2) is 4.98 Å². The number of imidazole rings is 1. The molecule has 0 aliphatic heterocycles. The van der Waals surface area contributed by atoms with Gasteiger partial charge in [-0.3, -0.25) is 4.79 Å². The summed E-state index contributed by atoms with van der Waals surface area (Å²) in [5.41, 5.74) is 1.72. The lowest BCUT2D eigenvalue weighted by Gasteiger charge is -2.06. The maximum Gasteiger partial charge on any atom is 0.251 e. The molecule has 1 aromatic heterocycles. The molecule has 0 aliphatic carbocycles. The fraction of sp³-hybridized carbons (Fsp3) is 0.231. The highest BCUT2D eigenvalue weighted by Crippen LogP contribution is 2.06. The normalized spacial score (nSPS) is 10.2. The van der Waals surface area contributed by atoms with Crippen LogP contribution in [0.25, 0.3) is 0 Å². The number of hydrogen-bond acceptors (Lipinski definition) is 2. The third-order valence-corrected chi connectivity index (χ3v) is 2.59. The quantitative estimate of drug-likeness (QED) is 0.838. The second kappa shape index (κ2) is 5.30. The van der Waals surface area contributed by atoms with Crippen LogP contribution in [0.2, 0.25) is 0 Å². The van der Waals surface area contributed by atoms with Crippen LogP contribution in [-0.2, 0) is 6.42 Å². The summed E-state index contributed by atoms with van der Waals surface area (Å²) >= 11 is 0. The van der Waals surface area contributed by atoms with Crippen LogP contribution in [-0.4, -0.2) is 22.4 Å². The van der Waals surface area contributed by atoms with Gasteiger partial charge in [0.25, 0.3) is 5.91 Å². The summed E-state index contributed by atoms with van der Waals surface area (Å²) in [5.74, 6) is 0.852. The Balaban J connectivity index is 1.88. The first-order valence-electron chi connectivity index (χ1n) is 5.59. The molecule has 0 fully saturated rings. The van der Waals surface area contributed by atoms with Crippen molar-refractivity contribution in [3.05, 3.63) is 53.6 Å². The largest absolute Gasteiger partial charge is 0.352 e. The summed E-state index contributed by atoms with van der Waals surface area (Å²) in [6.07, 6.45) is 4.20. The molecule has 0 unspecified atom stereocenters. The molecule has 2 N–H and O–H groups in total. The van der Waals surface area contributed by atoms with E-state index in [0.29, 0.717) is 13.0 Å². The van der Waals surface area contributed by atoms with Crippen molar-refractivity contribution in [2.24, 2.45) is 0 Å². The fourth-order valence-electron chi connectivity index (χ4n) is 1.65. The minimum atomic E-state index is -0.0327. The molecule has 17 heavy (non-hydrogen) atoms. The topological polar surface area (TPSA) is 57.8 Å². The fourth-order valence-corrected chi connectivity index (χ4v) is 1.65. The number of hydrogen-bond donors (Lipinski definition) is 2. The number of carbonyl (C=O) groups excluding carboxylic acids is 1. The van der Waals surface area contributed by atoms with Crippen LogP contribution in [0.3, 0.4) is 0 Å². The molecule has 0 spiro atoms. The second-order valence-corrected chi connectivity index (χ2v) is 3.86. The molecular weight excluding hydrogens is 214 g/mol. The van der Waals surface area contributed by atoms with Crippen LogP contribution < -0.4 is 5.32 Å². The Morgan fingerprint density at radius 3 is 2.94 bits per heavy atom. The van der Waals surface area contributed by atoms with Crippen molar-refractivity contribution >= 4 is 5.91 Å². The Hall–Kier alpha value is -2.10. The van der Waals surface area contributed by atoms with Crippen LogP contribution >= 0.6 is 0 Å². The Morgan fingerprint density at radius 2 is 2.24 bits per heavy atom. The first kappa shape index (κ1) is 11.4. The predicted molar refractivity (Wildman–Crippen MR) is 65.8 cm³/mol.